The molecule has 0 saturated carbocycles. The zero-order valence-electron chi connectivity index (χ0n) is 21.6. The highest BCUT2D eigenvalue weighted by Gasteiger charge is 2.28. The Balaban J connectivity index is 1.82. The molecular weight excluding hydrogens is 452 g/mol. The predicted molar refractivity (Wildman–Crippen MR) is 145 cm³/mol. The second kappa shape index (κ2) is 10.8. The van der Waals surface area contributed by atoms with Crippen LogP contribution in [0.2, 0.25) is 0 Å². The number of aryl methyl sites for hydroxylation is 1. The lowest BCUT2D eigenvalue weighted by Crippen LogP contribution is -2.36. The zero-order valence-corrected chi connectivity index (χ0v) is 21.6. The number of fused-ring (bicyclic) bond motifs is 1. The molecule has 188 valence electrons. The normalized spacial score (nSPS) is 13.7. The fraction of sp³-hybridized carbons (Fsp3) is 0.310. The molecule has 1 aromatic heterocycles. The van der Waals surface area contributed by atoms with Crippen LogP contribution in [0, 0.1) is 6.92 Å². The molecule has 0 atom stereocenters. The Hall–Kier alpha value is -3.84. The summed E-state index contributed by atoms with van der Waals surface area (Å²) >= 11 is 0. The first-order chi connectivity index (χ1) is 17.4. The van der Waals surface area contributed by atoms with Crippen LogP contribution in [0.25, 0.3) is 22.8 Å². The number of rotatable bonds is 9. The van der Waals surface area contributed by atoms with E-state index in [2.05, 4.69) is 29.0 Å². The van der Waals surface area contributed by atoms with Crippen LogP contribution in [-0.4, -0.2) is 66.9 Å². The van der Waals surface area contributed by atoms with Crippen molar-refractivity contribution < 1.29 is 14.3 Å². The van der Waals surface area contributed by atoms with Crippen molar-refractivity contribution in [2.45, 2.75) is 20.8 Å². The van der Waals surface area contributed by atoms with Gasteiger partial charge in [0.1, 0.15) is 5.75 Å². The smallest absolute Gasteiger partial charge is 0.256 e. The fourth-order valence-electron chi connectivity index (χ4n) is 4.65. The summed E-state index contributed by atoms with van der Waals surface area (Å²) in [6.07, 6.45) is 1.84. The van der Waals surface area contributed by atoms with Gasteiger partial charge in [0, 0.05) is 48.3 Å². The van der Waals surface area contributed by atoms with Crippen LogP contribution < -0.4 is 10.1 Å². The number of benzene rings is 2. The topological polar surface area (TPSA) is 77.7 Å². The van der Waals surface area contributed by atoms with Gasteiger partial charge in [-0.3, -0.25) is 9.59 Å². The van der Waals surface area contributed by atoms with Gasteiger partial charge >= 0.3 is 0 Å². The minimum absolute atomic E-state index is 0.0605. The van der Waals surface area contributed by atoms with Gasteiger partial charge in [-0.05, 0) is 49.9 Å². The number of nitrogens with one attached hydrogen (secondary N) is 2. The van der Waals surface area contributed by atoms with Crippen molar-refractivity contribution in [1.82, 2.24) is 14.8 Å². The van der Waals surface area contributed by atoms with Crippen LogP contribution in [0.15, 0.2) is 48.5 Å². The molecule has 0 unspecified atom stereocenters. The molecule has 0 aliphatic carbocycles. The number of hydrogen-bond donors (Lipinski definition) is 2. The molecule has 0 spiro atoms. The predicted octanol–water partition coefficient (Wildman–Crippen LogP) is 4.91. The second-order valence-electron chi connectivity index (χ2n) is 8.96. The molecule has 2 heterocycles. The number of anilines is 1. The van der Waals surface area contributed by atoms with Crippen molar-refractivity contribution in [3.63, 3.8) is 0 Å². The van der Waals surface area contributed by atoms with Crippen molar-refractivity contribution >= 4 is 29.2 Å². The SMILES string of the molecule is CCN(CC)CCN(C)C(=O)c1c(C)[nH]c(/C=C2\C(=O)Nc3ccccc32)c1-c1cccc(OC)c1. The van der Waals surface area contributed by atoms with E-state index < -0.39 is 0 Å². The van der Waals surface area contributed by atoms with E-state index in [0.717, 1.165) is 47.7 Å². The quantitative estimate of drug-likeness (QED) is 0.422. The molecule has 7 nitrogen and oxygen atoms in total. The number of carbonyl (C=O) groups excluding carboxylic acids is 2. The molecule has 4 rings (SSSR count). The van der Waals surface area contributed by atoms with E-state index >= 15 is 0 Å². The van der Waals surface area contributed by atoms with Gasteiger partial charge in [0.25, 0.3) is 11.8 Å². The molecule has 2 aromatic carbocycles. The van der Waals surface area contributed by atoms with Crippen LogP contribution >= 0.6 is 0 Å². The summed E-state index contributed by atoms with van der Waals surface area (Å²) in [5.41, 5.74) is 5.86. The lowest BCUT2D eigenvalue weighted by Gasteiger charge is -2.23. The summed E-state index contributed by atoms with van der Waals surface area (Å²) in [5.74, 6) is 0.473. The van der Waals surface area contributed by atoms with E-state index in [1.54, 1.807) is 12.0 Å². The van der Waals surface area contributed by atoms with Crippen molar-refractivity contribution in [3.8, 4) is 16.9 Å². The third-order valence-electron chi connectivity index (χ3n) is 6.78. The van der Waals surface area contributed by atoms with E-state index in [-0.39, 0.29) is 11.8 Å². The monoisotopic (exact) mass is 486 g/mol. The van der Waals surface area contributed by atoms with Crippen LogP contribution in [0.1, 0.15) is 41.2 Å². The number of hydrogen-bond acceptors (Lipinski definition) is 4. The number of aromatic nitrogens is 1. The number of aromatic amines is 1. The maximum Gasteiger partial charge on any atom is 0.256 e. The van der Waals surface area contributed by atoms with Crippen LogP contribution in [0.4, 0.5) is 5.69 Å². The van der Waals surface area contributed by atoms with Gasteiger partial charge in [-0.2, -0.15) is 0 Å². The number of carbonyl (C=O) groups is 2. The molecule has 1 aliphatic heterocycles. The average Bonchev–Trinajstić information content (AvgIpc) is 3.39. The molecular formula is C29H34N4O3. The minimum Gasteiger partial charge on any atom is -0.497 e. The molecule has 1 aliphatic rings. The Kier molecular flexibility index (Phi) is 7.60. The van der Waals surface area contributed by atoms with Crippen molar-refractivity contribution in [3.05, 3.63) is 71.0 Å². The molecule has 3 aromatic rings. The molecule has 0 radical (unpaired) electrons. The lowest BCUT2D eigenvalue weighted by molar-refractivity contribution is -0.110. The minimum atomic E-state index is -0.163. The first-order valence-electron chi connectivity index (χ1n) is 12.3. The average molecular weight is 487 g/mol. The lowest BCUT2D eigenvalue weighted by atomic mass is 9.97. The van der Waals surface area contributed by atoms with Gasteiger partial charge in [0.2, 0.25) is 0 Å². The Morgan fingerprint density at radius 1 is 1.06 bits per heavy atom. The first kappa shape index (κ1) is 25.3. The molecule has 0 fully saturated rings. The van der Waals surface area contributed by atoms with Crippen molar-refractivity contribution in [2.75, 3.05) is 45.7 Å². The van der Waals surface area contributed by atoms with Gasteiger partial charge in [-0.25, -0.2) is 0 Å². The fourth-order valence-corrected chi connectivity index (χ4v) is 4.65. The van der Waals surface area contributed by atoms with Gasteiger partial charge < -0.3 is 24.8 Å². The Labute approximate surface area is 212 Å². The summed E-state index contributed by atoms with van der Waals surface area (Å²) in [6.45, 7) is 9.46. The Bertz CT molecular complexity index is 1300. The number of methoxy groups -OCH3 is 1. The van der Waals surface area contributed by atoms with E-state index in [1.165, 1.54) is 0 Å². The van der Waals surface area contributed by atoms with E-state index in [1.807, 2.05) is 68.6 Å². The number of para-hydroxylation sites is 1. The van der Waals surface area contributed by atoms with Gasteiger partial charge in [-0.1, -0.05) is 44.2 Å². The molecule has 36 heavy (non-hydrogen) atoms. The first-order valence-corrected chi connectivity index (χ1v) is 12.3. The van der Waals surface area contributed by atoms with Crippen molar-refractivity contribution in [2.24, 2.45) is 0 Å². The maximum absolute atomic E-state index is 13.8. The maximum atomic E-state index is 13.8. The summed E-state index contributed by atoms with van der Waals surface area (Å²) < 4.78 is 5.47. The summed E-state index contributed by atoms with van der Waals surface area (Å²) in [4.78, 5) is 34.1. The van der Waals surface area contributed by atoms with Crippen LogP contribution in [0.3, 0.4) is 0 Å². The number of nitrogens with zero attached hydrogens (tertiary/aromatic N) is 2. The van der Waals surface area contributed by atoms with Crippen LogP contribution in [-0.2, 0) is 4.79 Å². The molecule has 7 heteroatoms. The van der Waals surface area contributed by atoms with E-state index in [4.69, 9.17) is 4.74 Å². The second-order valence-corrected chi connectivity index (χ2v) is 8.96. The zero-order chi connectivity index (χ0) is 25.8. The molecule has 0 saturated heterocycles. The highest BCUT2D eigenvalue weighted by Crippen LogP contribution is 2.38. The number of H-pyrrole nitrogens is 1. The molecule has 0 bridgehead atoms. The van der Waals surface area contributed by atoms with E-state index in [9.17, 15) is 9.59 Å². The summed E-state index contributed by atoms with van der Waals surface area (Å²) in [5, 5.41) is 2.93. The van der Waals surface area contributed by atoms with E-state index in [0.29, 0.717) is 29.1 Å². The summed E-state index contributed by atoms with van der Waals surface area (Å²) in [7, 11) is 3.46. The standard InChI is InChI=1S/C29H34N4O3/c1-6-33(7-2)16-15-32(4)29(35)26-19(3)30-25(27(26)20-11-10-12-21(17-20)36-5)18-23-22-13-8-9-14-24(22)31-28(23)34/h8-14,17-18,30H,6-7,15-16H2,1-5H3,(H,31,34)/b23-18-. The highest BCUT2D eigenvalue weighted by molar-refractivity contribution is 6.35. The molecule has 2 amide bonds. The van der Waals surface area contributed by atoms with Gasteiger partial charge in [0.05, 0.1) is 18.2 Å². The van der Waals surface area contributed by atoms with Crippen LogP contribution in [0.5, 0.6) is 5.75 Å². The number of ether oxygens (including phenoxy) is 1. The van der Waals surface area contributed by atoms with Gasteiger partial charge in [-0.15, -0.1) is 0 Å². The summed E-state index contributed by atoms with van der Waals surface area (Å²) in [6, 6.07) is 15.3. The third kappa shape index (κ3) is 4.93. The Morgan fingerprint density at radius 2 is 1.81 bits per heavy atom. The number of amides is 2. The number of likely N-dealkylation sites (N-methyl/N-ethyl adjacent to an activating group) is 2. The Morgan fingerprint density at radius 3 is 2.53 bits per heavy atom. The van der Waals surface area contributed by atoms with Crippen molar-refractivity contribution in [1.29, 1.82) is 0 Å². The largest absolute Gasteiger partial charge is 0.497 e. The highest BCUT2D eigenvalue weighted by atomic mass is 16.5. The molecule has 2 N–H and O–H groups in total. The van der Waals surface area contributed by atoms with Gasteiger partial charge in [0.15, 0.2) is 0 Å². The third-order valence-corrected chi connectivity index (χ3v) is 6.78.